The number of hydrogen-bond donors (Lipinski definition) is 0. The third-order valence-electron chi connectivity index (χ3n) is 6.05. The van der Waals surface area contributed by atoms with Gasteiger partial charge in [-0.15, -0.1) is 0 Å². The highest BCUT2D eigenvalue weighted by atomic mass is 16.1. The molecule has 1 fully saturated rings. The summed E-state index contributed by atoms with van der Waals surface area (Å²) in [6, 6.07) is 0.0583. The second-order valence-electron chi connectivity index (χ2n) is 9.42. The summed E-state index contributed by atoms with van der Waals surface area (Å²) in [5, 5.41) is 0. The van der Waals surface area contributed by atoms with E-state index in [1.165, 1.54) is 28.7 Å². The molecule has 0 amide bonds. The molecule has 1 unspecified atom stereocenters. The minimum atomic E-state index is 0.0583. The van der Waals surface area contributed by atoms with Crippen molar-refractivity contribution in [2.75, 3.05) is 33.2 Å². The summed E-state index contributed by atoms with van der Waals surface area (Å²) in [5.41, 5.74) is 5.87. The molecule has 0 spiro atoms. The fraction of sp³-hybridized carbons (Fsp3) is 0.667. The number of rotatable bonds is 12. The summed E-state index contributed by atoms with van der Waals surface area (Å²) >= 11 is 0. The first kappa shape index (κ1) is 26.6. The highest BCUT2D eigenvalue weighted by Crippen LogP contribution is 2.14. The van der Waals surface area contributed by atoms with Gasteiger partial charge in [-0.05, 0) is 87.1 Å². The Balaban J connectivity index is 2.30. The molecule has 0 bridgehead atoms. The van der Waals surface area contributed by atoms with E-state index < -0.39 is 0 Å². The van der Waals surface area contributed by atoms with E-state index in [9.17, 15) is 4.79 Å². The molecule has 0 aromatic heterocycles. The number of allylic oxidation sites excluding steroid dienone is 7. The van der Waals surface area contributed by atoms with E-state index in [1.54, 1.807) is 6.92 Å². The number of piperazine rings is 1. The summed E-state index contributed by atoms with van der Waals surface area (Å²) in [4.78, 5) is 16.4. The first-order valence-electron chi connectivity index (χ1n) is 11.7. The number of carbonyl (C=O) groups excluding carboxylic acids is 1. The molecular weight excluding hydrogens is 368 g/mol. The van der Waals surface area contributed by atoms with Crippen LogP contribution in [0.15, 0.2) is 46.6 Å². The van der Waals surface area contributed by atoms with Gasteiger partial charge < -0.3 is 0 Å². The van der Waals surface area contributed by atoms with E-state index in [4.69, 9.17) is 0 Å². The highest BCUT2D eigenvalue weighted by molar-refractivity contribution is 5.81. The zero-order valence-electron chi connectivity index (χ0n) is 20.8. The Kier molecular flexibility index (Phi) is 12.9. The number of likely N-dealkylation sites (N-methyl/N-ethyl adjacent to an activating group) is 1. The minimum absolute atomic E-state index is 0.0583. The van der Waals surface area contributed by atoms with Crippen LogP contribution in [0.4, 0.5) is 0 Å². The summed E-state index contributed by atoms with van der Waals surface area (Å²) in [5.74, 6) is 0.279. The fourth-order valence-corrected chi connectivity index (χ4v) is 3.81. The van der Waals surface area contributed by atoms with Crippen LogP contribution in [0, 0.1) is 0 Å². The average molecular weight is 415 g/mol. The first-order valence-corrected chi connectivity index (χ1v) is 11.7. The molecule has 30 heavy (non-hydrogen) atoms. The van der Waals surface area contributed by atoms with E-state index in [1.807, 2.05) is 0 Å². The SMILES string of the molecule is CC(=O)C1CN(C/C=C(\C)CC/C=C(\C)CC/C=C(\C)CCC=C(C)C)CCN1C. The van der Waals surface area contributed by atoms with E-state index in [0.29, 0.717) is 0 Å². The molecule has 0 aliphatic carbocycles. The van der Waals surface area contributed by atoms with Gasteiger partial charge in [-0.3, -0.25) is 14.6 Å². The monoisotopic (exact) mass is 414 g/mol. The van der Waals surface area contributed by atoms with Gasteiger partial charge >= 0.3 is 0 Å². The van der Waals surface area contributed by atoms with Crippen LogP contribution in [0.5, 0.6) is 0 Å². The molecule has 1 aliphatic rings. The molecule has 0 aromatic carbocycles. The van der Waals surface area contributed by atoms with Crippen LogP contribution in [0.3, 0.4) is 0 Å². The van der Waals surface area contributed by atoms with Crippen molar-refractivity contribution in [3.8, 4) is 0 Å². The van der Waals surface area contributed by atoms with E-state index in [-0.39, 0.29) is 11.8 Å². The fourth-order valence-electron chi connectivity index (χ4n) is 3.81. The van der Waals surface area contributed by atoms with Gasteiger partial charge in [-0.2, -0.15) is 0 Å². The van der Waals surface area contributed by atoms with E-state index in [0.717, 1.165) is 58.3 Å². The molecule has 170 valence electrons. The number of hydrogen-bond acceptors (Lipinski definition) is 3. The first-order chi connectivity index (χ1) is 14.2. The Morgan fingerprint density at radius 3 is 1.77 bits per heavy atom. The third-order valence-corrected chi connectivity index (χ3v) is 6.05. The van der Waals surface area contributed by atoms with Gasteiger partial charge in [0.25, 0.3) is 0 Å². The molecule has 1 heterocycles. The van der Waals surface area contributed by atoms with Crippen molar-refractivity contribution in [1.82, 2.24) is 9.80 Å². The van der Waals surface area contributed by atoms with Crippen molar-refractivity contribution in [3.63, 3.8) is 0 Å². The lowest BCUT2D eigenvalue weighted by molar-refractivity contribution is -0.123. The number of carbonyl (C=O) groups is 1. The van der Waals surface area contributed by atoms with E-state index in [2.05, 4.69) is 75.8 Å². The molecule has 1 rings (SSSR count). The van der Waals surface area contributed by atoms with Crippen molar-refractivity contribution in [1.29, 1.82) is 0 Å². The highest BCUT2D eigenvalue weighted by Gasteiger charge is 2.26. The zero-order valence-corrected chi connectivity index (χ0v) is 20.8. The Morgan fingerprint density at radius 1 is 0.767 bits per heavy atom. The van der Waals surface area contributed by atoms with Crippen LogP contribution in [0.25, 0.3) is 0 Å². The molecule has 0 aromatic rings. The van der Waals surface area contributed by atoms with Crippen LogP contribution in [0.1, 0.15) is 80.1 Å². The van der Waals surface area contributed by atoms with Crippen molar-refractivity contribution in [2.45, 2.75) is 86.1 Å². The zero-order chi connectivity index (χ0) is 22.5. The summed E-state index contributed by atoms with van der Waals surface area (Å²) in [6.45, 7) is 16.6. The van der Waals surface area contributed by atoms with Crippen molar-refractivity contribution in [2.24, 2.45) is 0 Å². The minimum Gasteiger partial charge on any atom is -0.298 e. The molecule has 3 heteroatoms. The van der Waals surface area contributed by atoms with Crippen LogP contribution >= 0.6 is 0 Å². The van der Waals surface area contributed by atoms with Crippen LogP contribution in [-0.2, 0) is 4.79 Å². The maximum atomic E-state index is 11.8. The Labute approximate surface area is 186 Å². The molecule has 1 aliphatic heterocycles. The second kappa shape index (κ2) is 14.5. The summed E-state index contributed by atoms with van der Waals surface area (Å²) < 4.78 is 0. The molecular formula is C27H46N2O. The lowest BCUT2D eigenvalue weighted by Gasteiger charge is -2.37. The maximum absolute atomic E-state index is 11.8. The predicted molar refractivity (Wildman–Crippen MR) is 132 cm³/mol. The van der Waals surface area contributed by atoms with Gasteiger partial charge in [0.15, 0.2) is 0 Å². The van der Waals surface area contributed by atoms with Gasteiger partial charge in [0.2, 0.25) is 0 Å². The maximum Gasteiger partial charge on any atom is 0.148 e. The van der Waals surface area contributed by atoms with Gasteiger partial charge in [0.05, 0.1) is 6.04 Å². The van der Waals surface area contributed by atoms with Gasteiger partial charge in [-0.1, -0.05) is 46.6 Å². The number of nitrogens with zero attached hydrogens (tertiary/aromatic N) is 2. The second-order valence-corrected chi connectivity index (χ2v) is 9.42. The standard InChI is InChI=1S/C27H46N2O/c1-22(2)11-8-12-23(3)13-9-14-24(4)15-10-16-25(5)17-18-29-20-19-28(7)27(21-29)26(6)30/h11,13,15,17,27H,8-10,12,14,16,18-21H2,1-7H3/b23-13+,24-15+,25-17+. The van der Waals surface area contributed by atoms with Gasteiger partial charge in [0, 0.05) is 26.2 Å². The summed E-state index contributed by atoms with van der Waals surface area (Å²) in [7, 11) is 2.06. The van der Waals surface area contributed by atoms with Crippen LogP contribution in [-0.4, -0.2) is 54.9 Å². The van der Waals surface area contributed by atoms with Crippen LogP contribution < -0.4 is 0 Å². The predicted octanol–water partition coefficient (Wildman–Crippen LogP) is 6.34. The van der Waals surface area contributed by atoms with Crippen molar-refractivity contribution in [3.05, 3.63) is 46.6 Å². The largest absolute Gasteiger partial charge is 0.298 e. The van der Waals surface area contributed by atoms with E-state index >= 15 is 0 Å². The van der Waals surface area contributed by atoms with Gasteiger partial charge in [-0.25, -0.2) is 0 Å². The number of ketones is 1. The average Bonchev–Trinajstić information content (AvgIpc) is 2.66. The normalized spacial score (nSPS) is 19.8. The van der Waals surface area contributed by atoms with Crippen molar-refractivity contribution < 1.29 is 4.79 Å². The Hall–Kier alpha value is -1.45. The molecule has 0 saturated carbocycles. The molecule has 1 atom stereocenters. The molecule has 0 N–H and O–H groups in total. The molecule has 1 saturated heterocycles. The molecule has 0 radical (unpaired) electrons. The summed E-state index contributed by atoms with van der Waals surface area (Å²) in [6.07, 6.45) is 16.4. The molecule has 3 nitrogen and oxygen atoms in total. The lowest BCUT2D eigenvalue weighted by Crippen LogP contribution is -2.54. The topological polar surface area (TPSA) is 23.6 Å². The van der Waals surface area contributed by atoms with Crippen LogP contribution in [0.2, 0.25) is 0 Å². The van der Waals surface area contributed by atoms with Gasteiger partial charge in [0.1, 0.15) is 5.78 Å². The third kappa shape index (κ3) is 11.7. The Morgan fingerprint density at radius 2 is 1.27 bits per heavy atom. The number of Topliss-reactive ketones (excluding diaryl/α,β-unsaturated/α-hetero) is 1. The van der Waals surface area contributed by atoms with Crippen molar-refractivity contribution >= 4 is 5.78 Å². The Bertz CT molecular complexity index is 650. The quantitative estimate of drug-likeness (QED) is 0.348. The smallest absolute Gasteiger partial charge is 0.148 e. The lowest BCUT2D eigenvalue weighted by atomic mass is 10.0.